The first kappa shape index (κ1) is 14.5. The van der Waals surface area contributed by atoms with Crippen molar-refractivity contribution in [2.45, 2.75) is 33.4 Å². The maximum absolute atomic E-state index is 11.6. The first-order chi connectivity index (χ1) is 8.60. The minimum atomic E-state index is -0.596. The fraction of sp³-hybridized carbons (Fsp3) is 0.500. The highest BCUT2D eigenvalue weighted by Gasteiger charge is 2.18. The molecular weight excluding hydrogens is 230 g/mol. The molecule has 0 saturated heterocycles. The first-order valence-electron chi connectivity index (χ1n) is 6.16. The van der Waals surface area contributed by atoms with Gasteiger partial charge in [0.25, 0.3) is 0 Å². The molecule has 0 bridgehead atoms. The zero-order valence-corrected chi connectivity index (χ0v) is 11.4. The average molecular weight is 251 g/mol. The Bertz CT molecular complexity index is 404. The summed E-state index contributed by atoms with van der Waals surface area (Å²) in [6.07, 6.45) is -0.596. The number of nitrogens with one attached hydrogen (secondary N) is 1. The van der Waals surface area contributed by atoms with E-state index in [0.717, 1.165) is 16.9 Å². The second-order valence-electron chi connectivity index (χ2n) is 4.11. The smallest absolute Gasteiger partial charge is 0.347 e. The third-order valence-corrected chi connectivity index (χ3v) is 2.57. The number of carbonyl (C=O) groups excluding carboxylic acids is 1. The molecule has 0 aliphatic heterocycles. The van der Waals surface area contributed by atoms with Crippen LogP contribution in [0.1, 0.15) is 25.0 Å². The van der Waals surface area contributed by atoms with Crippen LogP contribution in [-0.2, 0) is 16.1 Å². The van der Waals surface area contributed by atoms with Gasteiger partial charge in [-0.25, -0.2) is 4.79 Å². The van der Waals surface area contributed by atoms with E-state index in [0.29, 0.717) is 13.2 Å². The molecule has 1 rings (SSSR count). The van der Waals surface area contributed by atoms with E-state index in [1.54, 1.807) is 13.8 Å². The van der Waals surface area contributed by atoms with Crippen LogP contribution in [0, 0.1) is 6.92 Å². The molecule has 0 aromatic heterocycles. The Balaban J connectivity index is 2.85. The van der Waals surface area contributed by atoms with Crippen LogP contribution in [0.4, 0.5) is 0 Å². The molecule has 1 atom stereocenters. The Labute approximate surface area is 108 Å². The topological polar surface area (TPSA) is 47.6 Å². The molecule has 1 aromatic rings. The normalized spacial score (nSPS) is 12.0. The highest BCUT2D eigenvalue weighted by Crippen LogP contribution is 2.24. The van der Waals surface area contributed by atoms with Crippen molar-refractivity contribution in [1.82, 2.24) is 5.32 Å². The largest absolute Gasteiger partial charge is 0.478 e. The Morgan fingerprint density at radius 3 is 2.78 bits per heavy atom. The van der Waals surface area contributed by atoms with E-state index in [1.165, 1.54) is 0 Å². The molecule has 1 unspecified atom stereocenters. The number of carbonyl (C=O) groups is 1. The minimum absolute atomic E-state index is 0.337. The fourth-order valence-electron chi connectivity index (χ4n) is 1.70. The van der Waals surface area contributed by atoms with Gasteiger partial charge in [-0.15, -0.1) is 0 Å². The van der Waals surface area contributed by atoms with Crippen molar-refractivity contribution in [3.63, 3.8) is 0 Å². The molecule has 0 fully saturated rings. The van der Waals surface area contributed by atoms with Gasteiger partial charge in [-0.3, -0.25) is 0 Å². The summed E-state index contributed by atoms with van der Waals surface area (Å²) in [5.41, 5.74) is 2.05. The third kappa shape index (κ3) is 3.74. The summed E-state index contributed by atoms with van der Waals surface area (Å²) in [5, 5.41) is 3.08. The van der Waals surface area contributed by atoms with E-state index in [2.05, 4.69) is 5.32 Å². The molecule has 0 saturated carbocycles. The molecule has 0 aliphatic carbocycles. The summed E-state index contributed by atoms with van der Waals surface area (Å²) in [6, 6.07) is 5.92. The zero-order chi connectivity index (χ0) is 13.5. The van der Waals surface area contributed by atoms with Crippen LogP contribution in [0.2, 0.25) is 0 Å². The summed E-state index contributed by atoms with van der Waals surface area (Å²) in [6.45, 7) is 6.51. The van der Waals surface area contributed by atoms with Crippen molar-refractivity contribution in [2.75, 3.05) is 13.7 Å². The van der Waals surface area contributed by atoms with E-state index < -0.39 is 6.10 Å². The third-order valence-electron chi connectivity index (χ3n) is 2.57. The van der Waals surface area contributed by atoms with Crippen LogP contribution in [0.25, 0.3) is 0 Å². The fourth-order valence-corrected chi connectivity index (χ4v) is 1.70. The molecule has 100 valence electrons. The van der Waals surface area contributed by atoms with Gasteiger partial charge in [0, 0.05) is 12.1 Å². The maximum atomic E-state index is 11.6. The summed E-state index contributed by atoms with van der Waals surface area (Å²) >= 11 is 0. The number of benzene rings is 1. The van der Waals surface area contributed by atoms with Crippen molar-refractivity contribution in [3.8, 4) is 5.75 Å². The highest BCUT2D eigenvalue weighted by atomic mass is 16.6. The lowest BCUT2D eigenvalue weighted by molar-refractivity contribution is -0.150. The van der Waals surface area contributed by atoms with Gasteiger partial charge in [0.05, 0.1) is 6.61 Å². The van der Waals surface area contributed by atoms with Gasteiger partial charge in [0.1, 0.15) is 5.75 Å². The zero-order valence-electron chi connectivity index (χ0n) is 11.4. The van der Waals surface area contributed by atoms with Gasteiger partial charge in [-0.05, 0) is 33.4 Å². The number of ether oxygens (including phenoxy) is 2. The van der Waals surface area contributed by atoms with E-state index in [4.69, 9.17) is 9.47 Å². The first-order valence-corrected chi connectivity index (χ1v) is 6.16. The van der Waals surface area contributed by atoms with E-state index in [1.807, 2.05) is 32.2 Å². The van der Waals surface area contributed by atoms with Crippen molar-refractivity contribution in [2.24, 2.45) is 0 Å². The SMILES string of the molecule is CCOC(=O)C(C)Oc1c(C)cccc1CNC. The standard InChI is InChI=1S/C14H21NO3/c1-5-17-14(16)11(3)18-13-10(2)7-6-8-12(13)9-15-4/h6-8,11,15H,5,9H2,1-4H3. The summed E-state index contributed by atoms with van der Waals surface area (Å²) < 4.78 is 10.7. The Morgan fingerprint density at radius 1 is 1.44 bits per heavy atom. The predicted molar refractivity (Wildman–Crippen MR) is 70.7 cm³/mol. The molecule has 0 heterocycles. The molecular formula is C14H21NO3. The summed E-state index contributed by atoms with van der Waals surface area (Å²) in [7, 11) is 1.88. The van der Waals surface area contributed by atoms with Crippen molar-refractivity contribution < 1.29 is 14.3 Å². The number of hydrogen-bond donors (Lipinski definition) is 1. The maximum Gasteiger partial charge on any atom is 0.347 e. The minimum Gasteiger partial charge on any atom is -0.478 e. The van der Waals surface area contributed by atoms with Crippen LogP contribution in [0.5, 0.6) is 5.75 Å². The lowest BCUT2D eigenvalue weighted by Crippen LogP contribution is -2.27. The summed E-state index contributed by atoms with van der Waals surface area (Å²) in [5.74, 6) is 0.420. The molecule has 0 amide bonds. The van der Waals surface area contributed by atoms with Gasteiger partial charge in [-0.2, -0.15) is 0 Å². The quantitative estimate of drug-likeness (QED) is 0.786. The lowest BCUT2D eigenvalue weighted by atomic mass is 10.1. The van der Waals surface area contributed by atoms with Crippen molar-refractivity contribution >= 4 is 5.97 Å². The molecule has 0 radical (unpaired) electrons. The molecule has 4 nitrogen and oxygen atoms in total. The van der Waals surface area contributed by atoms with Gasteiger partial charge < -0.3 is 14.8 Å². The van der Waals surface area contributed by atoms with Crippen molar-refractivity contribution in [3.05, 3.63) is 29.3 Å². The number of rotatable bonds is 6. The van der Waals surface area contributed by atoms with Crippen LogP contribution >= 0.6 is 0 Å². The van der Waals surface area contributed by atoms with E-state index >= 15 is 0 Å². The molecule has 0 spiro atoms. The molecule has 18 heavy (non-hydrogen) atoms. The Hall–Kier alpha value is -1.55. The van der Waals surface area contributed by atoms with Crippen LogP contribution in [0.15, 0.2) is 18.2 Å². The van der Waals surface area contributed by atoms with Crippen LogP contribution in [-0.4, -0.2) is 25.7 Å². The molecule has 4 heteroatoms. The molecule has 1 aromatic carbocycles. The monoisotopic (exact) mass is 251 g/mol. The predicted octanol–water partition coefficient (Wildman–Crippen LogP) is 2.04. The van der Waals surface area contributed by atoms with Gasteiger partial charge in [0.2, 0.25) is 0 Å². The van der Waals surface area contributed by atoms with Gasteiger partial charge in [-0.1, -0.05) is 18.2 Å². The number of esters is 1. The number of aryl methyl sites for hydroxylation is 1. The average Bonchev–Trinajstić information content (AvgIpc) is 2.34. The lowest BCUT2D eigenvalue weighted by Gasteiger charge is -2.18. The van der Waals surface area contributed by atoms with Crippen LogP contribution in [0.3, 0.4) is 0 Å². The van der Waals surface area contributed by atoms with Crippen molar-refractivity contribution in [1.29, 1.82) is 0 Å². The van der Waals surface area contributed by atoms with Gasteiger partial charge in [0.15, 0.2) is 6.10 Å². The summed E-state index contributed by atoms with van der Waals surface area (Å²) in [4.78, 5) is 11.6. The van der Waals surface area contributed by atoms with Crippen LogP contribution < -0.4 is 10.1 Å². The van der Waals surface area contributed by atoms with E-state index in [-0.39, 0.29) is 5.97 Å². The second kappa shape index (κ2) is 7.01. The Kier molecular flexibility index (Phi) is 5.65. The molecule has 1 N–H and O–H groups in total. The highest BCUT2D eigenvalue weighted by molar-refractivity contribution is 5.74. The molecule has 0 aliphatic rings. The van der Waals surface area contributed by atoms with Gasteiger partial charge >= 0.3 is 5.97 Å². The van der Waals surface area contributed by atoms with E-state index in [9.17, 15) is 4.79 Å². The second-order valence-corrected chi connectivity index (χ2v) is 4.11. The number of hydrogen-bond acceptors (Lipinski definition) is 4. The Morgan fingerprint density at radius 2 is 2.17 bits per heavy atom. The number of para-hydroxylation sites is 1.